The fourth-order valence-electron chi connectivity index (χ4n) is 3.57. The molecule has 0 fully saturated rings. The molecule has 38 heavy (non-hydrogen) atoms. The van der Waals surface area contributed by atoms with Gasteiger partial charge in [0.25, 0.3) is 0 Å². The van der Waals surface area contributed by atoms with Crippen molar-refractivity contribution in [1.82, 2.24) is 14.5 Å². The van der Waals surface area contributed by atoms with Gasteiger partial charge in [0.1, 0.15) is 0 Å². The van der Waals surface area contributed by atoms with Crippen LogP contribution in [-0.4, -0.2) is 66.7 Å². The quantitative estimate of drug-likeness (QED) is 0.128. The summed E-state index contributed by atoms with van der Waals surface area (Å²) in [6.45, 7) is 0.302. The van der Waals surface area contributed by atoms with Crippen LogP contribution in [0.5, 0.6) is 11.5 Å². The van der Waals surface area contributed by atoms with Gasteiger partial charge >= 0.3 is 206 Å². The number of methoxy groups -OCH3 is 1. The molecule has 0 bridgehead atoms. The molecule has 3 rings (SSSR count). The normalized spacial score (nSPS) is 11.7. The third-order valence-corrected chi connectivity index (χ3v) is 10.4. The van der Waals surface area contributed by atoms with E-state index in [-0.39, 0.29) is 34.6 Å². The molecule has 0 saturated heterocycles. The molecule has 0 atom stereocenters. The van der Waals surface area contributed by atoms with Crippen LogP contribution in [0, 0.1) is 5.82 Å². The zero-order valence-electron chi connectivity index (χ0n) is 21.7. The van der Waals surface area contributed by atoms with E-state index in [1.165, 1.54) is 57.4 Å². The number of anilines is 1. The van der Waals surface area contributed by atoms with E-state index in [2.05, 4.69) is 8.25 Å². The number of carbonyl (C=O) groups excluding carboxylic acids is 1. The maximum atomic E-state index is 15.4. The first-order valence-electron chi connectivity index (χ1n) is 11.2. The predicted octanol–water partition coefficient (Wildman–Crippen LogP) is -0.466. The molecular formula is C24H29FIN4O7S-. The van der Waals surface area contributed by atoms with Crippen molar-refractivity contribution in [2.45, 2.75) is 13.0 Å². The monoisotopic (exact) mass is 663 g/mol. The topological polar surface area (TPSA) is 130 Å². The molecule has 11 nitrogen and oxygen atoms in total. The Balaban J connectivity index is 2.14. The van der Waals surface area contributed by atoms with Gasteiger partial charge in [0.05, 0.1) is 0 Å². The van der Waals surface area contributed by atoms with E-state index in [1.54, 1.807) is 6.07 Å². The van der Waals surface area contributed by atoms with Crippen LogP contribution in [0.4, 0.5) is 14.9 Å². The number of amides is 1. The second kappa shape index (κ2) is 12.3. The summed E-state index contributed by atoms with van der Waals surface area (Å²) < 4.78 is 60.4. The number of benzene rings is 2. The standard InChI is InChI=1S/C24H29FIN4O7S/c1-27-38(33,34)26-28-18-9-7-8-14(22(18)25)10-16-17(13-29(2)3)21-19(35-6)11-15(36-24(32)30(4)5)12-20(21)37-23(16)31/h7-9,11-12,27-28H,10,13H2,1-6H3/q-1. The van der Waals surface area contributed by atoms with Crippen molar-refractivity contribution in [3.05, 3.63) is 63.3 Å². The van der Waals surface area contributed by atoms with Gasteiger partial charge in [0, 0.05) is 14.1 Å². The van der Waals surface area contributed by atoms with E-state index in [1.807, 2.05) is 19.0 Å². The first-order valence-corrected chi connectivity index (χ1v) is 16.3. The molecule has 0 aliphatic carbocycles. The van der Waals surface area contributed by atoms with E-state index in [0.29, 0.717) is 23.2 Å². The van der Waals surface area contributed by atoms with Gasteiger partial charge in [-0.2, -0.15) is 0 Å². The van der Waals surface area contributed by atoms with E-state index < -0.39 is 44.8 Å². The maximum absolute atomic E-state index is 15.4. The molecule has 0 aliphatic heterocycles. The number of nitrogens with zero attached hydrogens (tertiary/aromatic N) is 2. The van der Waals surface area contributed by atoms with E-state index >= 15 is 4.39 Å². The zero-order valence-corrected chi connectivity index (χ0v) is 24.7. The summed E-state index contributed by atoms with van der Waals surface area (Å²) in [6, 6.07) is 7.49. The average molecular weight is 663 g/mol. The van der Waals surface area contributed by atoms with Crippen LogP contribution >= 0.6 is 0 Å². The Morgan fingerprint density at radius 3 is 2.47 bits per heavy atom. The number of hydrogen-bond donors (Lipinski definition) is 2. The van der Waals surface area contributed by atoms with Gasteiger partial charge in [0.2, 0.25) is 0 Å². The Morgan fingerprint density at radius 1 is 1.16 bits per heavy atom. The van der Waals surface area contributed by atoms with Gasteiger partial charge in [-0.1, -0.05) is 0 Å². The van der Waals surface area contributed by atoms with Crippen molar-refractivity contribution in [1.29, 1.82) is 0 Å². The summed E-state index contributed by atoms with van der Waals surface area (Å²) in [5.74, 6) is -0.222. The number of fused-ring (bicyclic) bond motifs is 1. The molecule has 3 aromatic rings. The van der Waals surface area contributed by atoms with Crippen LogP contribution in [-0.2, 0) is 20.2 Å². The molecule has 14 heteroatoms. The number of halogens is 2. The van der Waals surface area contributed by atoms with Gasteiger partial charge < -0.3 is 4.90 Å². The number of ether oxygens (including phenoxy) is 2. The van der Waals surface area contributed by atoms with Crippen molar-refractivity contribution in [2.75, 3.05) is 45.9 Å². The molecule has 0 unspecified atom stereocenters. The molecule has 2 N–H and O–H groups in total. The van der Waals surface area contributed by atoms with E-state index in [9.17, 15) is 18.0 Å². The van der Waals surface area contributed by atoms with Crippen LogP contribution in [0.15, 0.2) is 39.5 Å². The third-order valence-electron chi connectivity index (χ3n) is 5.35. The van der Waals surface area contributed by atoms with Crippen molar-refractivity contribution >= 4 is 29.9 Å². The molecule has 1 amide bonds. The average Bonchev–Trinajstić information content (AvgIpc) is 2.85. The molecule has 0 spiro atoms. The summed E-state index contributed by atoms with van der Waals surface area (Å²) in [6.07, 6.45) is -0.728. The molecule has 2 aromatic carbocycles. The minimum absolute atomic E-state index is 0.0263. The summed E-state index contributed by atoms with van der Waals surface area (Å²) in [4.78, 5) is 28.4. The second-order valence-electron chi connectivity index (χ2n) is 8.61. The van der Waals surface area contributed by atoms with Crippen molar-refractivity contribution in [3.63, 3.8) is 0 Å². The molecule has 208 valence electrons. The minimum atomic E-state index is -3.52. The summed E-state index contributed by atoms with van der Waals surface area (Å²) in [5, 5.41) is 0.487. The fraction of sp³-hybridized carbons (Fsp3) is 0.333. The van der Waals surface area contributed by atoms with Gasteiger partial charge in [-0.25, -0.2) is 4.79 Å². The first-order chi connectivity index (χ1) is 17.9. The Morgan fingerprint density at radius 2 is 1.87 bits per heavy atom. The molecule has 1 heterocycles. The van der Waals surface area contributed by atoms with Crippen LogP contribution in [0.1, 0.15) is 16.7 Å². The van der Waals surface area contributed by atoms with Crippen LogP contribution in [0.3, 0.4) is 0 Å². The molecule has 1 aromatic heterocycles. The van der Waals surface area contributed by atoms with Crippen LogP contribution in [0.2, 0.25) is 0 Å². The molecule has 0 aliphatic rings. The Kier molecular flexibility index (Phi) is 9.56. The Hall–Kier alpha value is -2.95. The SMILES string of the molecule is CNS(=O)(=O)[I-]Nc1cccc(Cc2c(CN(C)C)c3c(OC)cc(OC(=O)N(C)C)cc3oc2=O)c1F. The summed E-state index contributed by atoms with van der Waals surface area (Å²) >= 11 is -1.63. The van der Waals surface area contributed by atoms with Crippen molar-refractivity contribution in [3.8, 4) is 11.5 Å². The summed E-state index contributed by atoms with van der Waals surface area (Å²) in [5.41, 5.74) is 0.453. The number of rotatable bonds is 10. The number of carbonyl (C=O) groups is 1. The van der Waals surface area contributed by atoms with Crippen molar-refractivity contribution < 1.29 is 51.6 Å². The first kappa shape index (κ1) is 29.6. The predicted molar refractivity (Wildman–Crippen MR) is 137 cm³/mol. The Bertz CT molecular complexity index is 1510. The molecular weight excluding hydrogens is 634 g/mol. The molecule has 0 saturated carbocycles. The second-order valence-corrected chi connectivity index (χ2v) is 15.4. The van der Waals surface area contributed by atoms with E-state index in [0.717, 1.165) is 0 Å². The third kappa shape index (κ3) is 6.92. The Labute approximate surface area is 229 Å². The zero-order chi connectivity index (χ0) is 28.2. The van der Waals surface area contributed by atoms with Gasteiger partial charge in [0.15, 0.2) is 0 Å². The summed E-state index contributed by atoms with van der Waals surface area (Å²) in [7, 11) is 5.92. The number of hydrogen-bond acceptors (Lipinski definition) is 9. The van der Waals surface area contributed by atoms with Gasteiger partial charge in [-0.3, -0.25) is 0 Å². The van der Waals surface area contributed by atoms with Crippen molar-refractivity contribution in [2.24, 2.45) is 0 Å². The fourth-order valence-corrected chi connectivity index (χ4v) is 6.49. The number of nitrogens with one attached hydrogen (secondary N) is 2. The molecule has 0 radical (unpaired) electrons. The van der Waals surface area contributed by atoms with Crippen LogP contribution in [0.25, 0.3) is 11.0 Å². The van der Waals surface area contributed by atoms with Gasteiger partial charge in [-0.15, -0.1) is 0 Å². The van der Waals surface area contributed by atoms with Gasteiger partial charge in [-0.05, 0) is 0 Å². The van der Waals surface area contributed by atoms with E-state index in [4.69, 9.17) is 13.9 Å². The van der Waals surface area contributed by atoms with Crippen LogP contribution < -0.4 is 43.4 Å².